The lowest BCUT2D eigenvalue weighted by Gasteiger charge is -2.12. The van der Waals surface area contributed by atoms with Crippen LogP contribution < -0.4 is 9.46 Å². The standard InChI is InChI=1S/C19H20N2OS.C2H6/c1-4-22-16-11-15-8-7-14(3)20-19(15)18(12-16)21-23-17-9-5-13(2)6-10-17;1-2/h5-12,21H,4H2,1-3H3;1-2H3. The number of ether oxygens (including phenoxy) is 1. The first-order valence-corrected chi connectivity index (χ1v) is 9.51. The second-order valence-electron chi connectivity index (χ2n) is 5.45. The van der Waals surface area contributed by atoms with Gasteiger partial charge in [0.05, 0.1) is 17.8 Å². The molecule has 132 valence electrons. The molecule has 0 amide bonds. The van der Waals surface area contributed by atoms with E-state index in [9.17, 15) is 0 Å². The Bertz CT molecular complexity index is 816. The zero-order valence-corrected chi connectivity index (χ0v) is 16.4. The van der Waals surface area contributed by atoms with Crippen LogP contribution >= 0.6 is 11.9 Å². The predicted molar refractivity (Wildman–Crippen MR) is 110 cm³/mol. The molecule has 0 bridgehead atoms. The Balaban J connectivity index is 0.00000109. The molecular formula is C21H26N2OS. The highest BCUT2D eigenvalue weighted by molar-refractivity contribution is 8.00. The Hall–Kier alpha value is -2.20. The molecule has 3 rings (SSSR count). The third-order valence-corrected chi connectivity index (χ3v) is 4.35. The first-order chi connectivity index (χ1) is 12.2. The average Bonchev–Trinajstić information content (AvgIpc) is 2.63. The van der Waals surface area contributed by atoms with Gasteiger partial charge in [-0.25, -0.2) is 0 Å². The molecule has 1 N–H and O–H groups in total. The van der Waals surface area contributed by atoms with Gasteiger partial charge in [-0.1, -0.05) is 37.6 Å². The van der Waals surface area contributed by atoms with Crippen molar-refractivity contribution in [3.8, 4) is 5.75 Å². The first kappa shape index (κ1) is 19.1. The molecule has 25 heavy (non-hydrogen) atoms. The zero-order valence-electron chi connectivity index (χ0n) is 15.6. The highest BCUT2D eigenvalue weighted by atomic mass is 32.2. The third-order valence-electron chi connectivity index (χ3n) is 3.52. The molecular weight excluding hydrogens is 328 g/mol. The summed E-state index contributed by atoms with van der Waals surface area (Å²) in [5.41, 5.74) is 4.20. The van der Waals surface area contributed by atoms with Gasteiger partial charge in [0.2, 0.25) is 0 Å². The highest BCUT2D eigenvalue weighted by Crippen LogP contribution is 2.31. The molecule has 0 saturated carbocycles. The van der Waals surface area contributed by atoms with Crippen molar-refractivity contribution in [2.45, 2.75) is 39.5 Å². The molecule has 0 saturated heterocycles. The molecule has 1 aromatic heterocycles. The number of rotatable bonds is 5. The van der Waals surface area contributed by atoms with E-state index in [1.807, 2.05) is 45.9 Å². The summed E-state index contributed by atoms with van der Waals surface area (Å²) in [6, 6.07) is 16.6. The van der Waals surface area contributed by atoms with E-state index in [1.54, 1.807) is 11.9 Å². The van der Waals surface area contributed by atoms with Gasteiger partial charge in [-0.05, 0) is 57.0 Å². The summed E-state index contributed by atoms with van der Waals surface area (Å²) in [6.45, 7) is 10.7. The first-order valence-electron chi connectivity index (χ1n) is 8.69. The van der Waals surface area contributed by atoms with Crippen LogP contribution in [-0.4, -0.2) is 11.6 Å². The molecule has 0 atom stereocenters. The minimum absolute atomic E-state index is 0.648. The number of aryl methyl sites for hydroxylation is 2. The van der Waals surface area contributed by atoms with Gasteiger partial charge in [0.15, 0.2) is 0 Å². The number of hydrogen-bond acceptors (Lipinski definition) is 4. The van der Waals surface area contributed by atoms with Gasteiger partial charge in [-0.3, -0.25) is 4.98 Å². The Labute approximate surface area is 155 Å². The Morgan fingerprint density at radius 1 is 1.00 bits per heavy atom. The van der Waals surface area contributed by atoms with E-state index in [4.69, 9.17) is 4.74 Å². The smallest absolute Gasteiger partial charge is 0.122 e. The minimum Gasteiger partial charge on any atom is -0.494 e. The molecule has 0 aliphatic carbocycles. The monoisotopic (exact) mass is 354 g/mol. The van der Waals surface area contributed by atoms with Crippen LogP contribution in [0.5, 0.6) is 5.75 Å². The summed E-state index contributed by atoms with van der Waals surface area (Å²) in [6.07, 6.45) is 0. The summed E-state index contributed by atoms with van der Waals surface area (Å²) >= 11 is 1.58. The van der Waals surface area contributed by atoms with Crippen LogP contribution in [0.1, 0.15) is 32.0 Å². The van der Waals surface area contributed by atoms with Crippen molar-refractivity contribution in [1.82, 2.24) is 4.98 Å². The van der Waals surface area contributed by atoms with Gasteiger partial charge in [0.1, 0.15) is 5.75 Å². The molecule has 2 aromatic carbocycles. The van der Waals surface area contributed by atoms with E-state index in [0.29, 0.717) is 6.61 Å². The van der Waals surface area contributed by atoms with Gasteiger partial charge in [0, 0.05) is 22.0 Å². The van der Waals surface area contributed by atoms with Gasteiger partial charge in [0.25, 0.3) is 0 Å². The van der Waals surface area contributed by atoms with E-state index in [0.717, 1.165) is 28.0 Å². The lowest BCUT2D eigenvalue weighted by atomic mass is 10.1. The fourth-order valence-electron chi connectivity index (χ4n) is 2.35. The molecule has 3 aromatic rings. The van der Waals surface area contributed by atoms with Crippen molar-refractivity contribution < 1.29 is 4.74 Å². The van der Waals surface area contributed by atoms with Crippen LogP contribution in [0.15, 0.2) is 53.4 Å². The Morgan fingerprint density at radius 3 is 2.40 bits per heavy atom. The number of anilines is 1. The van der Waals surface area contributed by atoms with Crippen molar-refractivity contribution in [2.24, 2.45) is 0 Å². The van der Waals surface area contributed by atoms with Crippen molar-refractivity contribution >= 4 is 28.5 Å². The Morgan fingerprint density at radius 2 is 1.72 bits per heavy atom. The van der Waals surface area contributed by atoms with Gasteiger partial charge in [-0.15, -0.1) is 0 Å². The van der Waals surface area contributed by atoms with Crippen LogP contribution in [0, 0.1) is 13.8 Å². The van der Waals surface area contributed by atoms with Gasteiger partial charge >= 0.3 is 0 Å². The van der Waals surface area contributed by atoms with Crippen LogP contribution in [-0.2, 0) is 0 Å². The minimum atomic E-state index is 0.648. The summed E-state index contributed by atoms with van der Waals surface area (Å²) in [5, 5.41) is 1.08. The Kier molecular flexibility index (Phi) is 7.14. The number of benzene rings is 2. The van der Waals surface area contributed by atoms with Crippen LogP contribution in [0.4, 0.5) is 5.69 Å². The summed E-state index contributed by atoms with van der Waals surface area (Å²) in [7, 11) is 0. The molecule has 3 nitrogen and oxygen atoms in total. The largest absolute Gasteiger partial charge is 0.494 e. The van der Waals surface area contributed by atoms with Crippen LogP contribution in [0.3, 0.4) is 0 Å². The number of hydrogen-bond donors (Lipinski definition) is 1. The maximum atomic E-state index is 5.68. The van der Waals surface area contributed by atoms with Crippen molar-refractivity contribution in [3.63, 3.8) is 0 Å². The van der Waals surface area contributed by atoms with Gasteiger partial charge in [-0.2, -0.15) is 0 Å². The van der Waals surface area contributed by atoms with Gasteiger partial charge < -0.3 is 9.46 Å². The number of fused-ring (bicyclic) bond motifs is 1. The molecule has 0 fully saturated rings. The number of nitrogens with one attached hydrogen (secondary N) is 1. The van der Waals surface area contributed by atoms with Crippen molar-refractivity contribution in [2.75, 3.05) is 11.3 Å². The lowest BCUT2D eigenvalue weighted by Crippen LogP contribution is -1.96. The maximum absolute atomic E-state index is 5.68. The van der Waals surface area contributed by atoms with E-state index in [-0.39, 0.29) is 0 Å². The highest BCUT2D eigenvalue weighted by Gasteiger charge is 2.07. The second-order valence-corrected chi connectivity index (χ2v) is 6.33. The van der Waals surface area contributed by atoms with Crippen LogP contribution in [0.25, 0.3) is 10.9 Å². The zero-order chi connectivity index (χ0) is 18.2. The van der Waals surface area contributed by atoms with E-state index in [2.05, 4.69) is 47.0 Å². The molecule has 0 radical (unpaired) electrons. The fourth-order valence-corrected chi connectivity index (χ4v) is 3.01. The van der Waals surface area contributed by atoms with Crippen molar-refractivity contribution in [1.29, 1.82) is 0 Å². The average molecular weight is 355 g/mol. The normalized spacial score (nSPS) is 10.1. The van der Waals surface area contributed by atoms with E-state index >= 15 is 0 Å². The fraction of sp³-hybridized carbons (Fsp3) is 0.286. The quantitative estimate of drug-likeness (QED) is 0.538. The molecule has 1 heterocycles. The predicted octanol–water partition coefficient (Wildman–Crippen LogP) is 6.40. The number of nitrogens with zero attached hydrogens (tertiary/aromatic N) is 1. The lowest BCUT2D eigenvalue weighted by molar-refractivity contribution is 0.341. The SMILES string of the molecule is CC.CCOc1cc(NSc2ccc(C)cc2)c2nc(C)ccc2c1. The molecule has 0 spiro atoms. The third kappa shape index (κ3) is 5.13. The molecule has 0 unspecified atom stereocenters. The molecule has 0 aliphatic rings. The number of pyridine rings is 1. The second kappa shape index (κ2) is 9.33. The van der Waals surface area contributed by atoms with E-state index in [1.165, 1.54) is 10.5 Å². The number of aromatic nitrogens is 1. The topological polar surface area (TPSA) is 34.1 Å². The van der Waals surface area contributed by atoms with Crippen LogP contribution in [0.2, 0.25) is 0 Å². The summed E-state index contributed by atoms with van der Waals surface area (Å²) in [5.74, 6) is 0.859. The molecule has 0 aliphatic heterocycles. The summed E-state index contributed by atoms with van der Waals surface area (Å²) < 4.78 is 9.10. The maximum Gasteiger partial charge on any atom is 0.122 e. The van der Waals surface area contributed by atoms with Crippen molar-refractivity contribution in [3.05, 3.63) is 59.8 Å². The van der Waals surface area contributed by atoms with E-state index < -0.39 is 0 Å². The molecule has 4 heteroatoms. The summed E-state index contributed by atoms with van der Waals surface area (Å²) in [4.78, 5) is 5.84.